The van der Waals surface area contributed by atoms with Crippen LogP contribution in [0.4, 0.5) is 20.2 Å². The molecule has 1 aliphatic rings. The van der Waals surface area contributed by atoms with Crippen LogP contribution in [0, 0.1) is 22.0 Å². The minimum Gasteiger partial charge on any atom is -0.379 e. The van der Waals surface area contributed by atoms with Crippen LogP contribution in [0.5, 0.6) is 0 Å². The van der Waals surface area contributed by atoms with Crippen LogP contribution in [0.2, 0.25) is 0 Å². The quantitative estimate of drug-likeness (QED) is 0.646. The number of nitro benzene ring substituents is 1. The molecule has 1 N–H and O–H groups in total. The van der Waals surface area contributed by atoms with Gasteiger partial charge in [-0.25, -0.2) is 8.78 Å². The van der Waals surface area contributed by atoms with E-state index in [4.69, 9.17) is 0 Å². The van der Waals surface area contributed by atoms with Crippen molar-refractivity contribution in [2.75, 3.05) is 11.9 Å². The Hall–Kier alpha value is -1.72. The highest BCUT2D eigenvalue weighted by molar-refractivity contribution is 5.62. The van der Waals surface area contributed by atoms with E-state index in [1.54, 1.807) is 0 Å². The molecule has 1 aromatic carbocycles. The van der Waals surface area contributed by atoms with Crippen LogP contribution in [0.25, 0.3) is 0 Å². The van der Waals surface area contributed by atoms with Crippen LogP contribution in [-0.4, -0.2) is 11.5 Å². The predicted octanol–water partition coefficient (Wildman–Crippen LogP) is 3.60. The molecule has 0 aromatic heterocycles. The Kier molecular flexibility index (Phi) is 3.45. The molecule has 0 saturated heterocycles. The number of anilines is 1. The molecule has 0 radical (unpaired) electrons. The number of hydrogen-bond acceptors (Lipinski definition) is 3. The Labute approximate surface area is 103 Å². The normalized spacial score (nSPS) is 22.0. The first-order chi connectivity index (χ1) is 8.49. The lowest BCUT2D eigenvalue weighted by atomic mass is 10.1. The molecule has 2 unspecified atom stereocenters. The van der Waals surface area contributed by atoms with Crippen molar-refractivity contribution in [1.82, 2.24) is 0 Å². The Balaban J connectivity index is 2.15. The molecular weight excluding hydrogens is 242 g/mol. The average molecular weight is 256 g/mol. The number of nitrogens with zero attached hydrogens (tertiary/aromatic N) is 1. The zero-order chi connectivity index (χ0) is 13.3. The number of rotatable bonds is 5. The van der Waals surface area contributed by atoms with Crippen molar-refractivity contribution in [3.05, 3.63) is 33.9 Å². The molecule has 98 valence electrons. The second-order valence-corrected chi connectivity index (χ2v) is 4.69. The zero-order valence-corrected chi connectivity index (χ0v) is 9.90. The molecule has 1 fully saturated rings. The third-order valence-electron chi connectivity index (χ3n) is 3.30. The smallest absolute Gasteiger partial charge is 0.292 e. The molecule has 0 aliphatic heterocycles. The molecule has 0 amide bonds. The van der Waals surface area contributed by atoms with Gasteiger partial charge in [-0.2, -0.15) is 0 Å². The van der Waals surface area contributed by atoms with Gasteiger partial charge in [0.05, 0.1) is 4.92 Å². The van der Waals surface area contributed by atoms with Crippen LogP contribution in [0.3, 0.4) is 0 Å². The fraction of sp³-hybridized carbons (Fsp3) is 0.500. The van der Waals surface area contributed by atoms with Crippen LogP contribution in [0.1, 0.15) is 25.3 Å². The SMILES string of the molecule is CC1CC1CNc1ccc(C(F)F)cc1[N+](=O)[O-]. The van der Waals surface area contributed by atoms with Crippen molar-refractivity contribution < 1.29 is 13.7 Å². The van der Waals surface area contributed by atoms with Gasteiger partial charge in [-0.05, 0) is 24.3 Å². The van der Waals surface area contributed by atoms with E-state index >= 15 is 0 Å². The Bertz CT molecular complexity index is 465. The third-order valence-corrected chi connectivity index (χ3v) is 3.30. The van der Waals surface area contributed by atoms with E-state index in [9.17, 15) is 18.9 Å². The topological polar surface area (TPSA) is 55.2 Å². The van der Waals surface area contributed by atoms with E-state index in [1.807, 2.05) is 0 Å². The molecule has 18 heavy (non-hydrogen) atoms. The van der Waals surface area contributed by atoms with Crippen LogP contribution >= 0.6 is 0 Å². The van der Waals surface area contributed by atoms with E-state index in [0.29, 0.717) is 24.1 Å². The van der Waals surface area contributed by atoms with E-state index < -0.39 is 11.3 Å². The predicted molar refractivity (Wildman–Crippen MR) is 63.8 cm³/mol. The lowest BCUT2D eigenvalue weighted by Crippen LogP contribution is -2.07. The van der Waals surface area contributed by atoms with Gasteiger partial charge >= 0.3 is 0 Å². The summed E-state index contributed by atoms with van der Waals surface area (Å²) in [7, 11) is 0. The summed E-state index contributed by atoms with van der Waals surface area (Å²) in [5.74, 6) is 1.16. The monoisotopic (exact) mass is 256 g/mol. The molecular formula is C12H14F2N2O2. The fourth-order valence-corrected chi connectivity index (χ4v) is 1.91. The second kappa shape index (κ2) is 4.88. The summed E-state index contributed by atoms with van der Waals surface area (Å²) >= 11 is 0. The number of nitro groups is 1. The molecule has 6 heteroatoms. The van der Waals surface area contributed by atoms with Gasteiger partial charge in [-0.15, -0.1) is 0 Å². The average Bonchev–Trinajstić information content (AvgIpc) is 3.02. The van der Waals surface area contributed by atoms with Gasteiger partial charge in [0.1, 0.15) is 5.69 Å². The highest BCUT2D eigenvalue weighted by Gasteiger charge is 2.32. The first kappa shape index (κ1) is 12.7. The van der Waals surface area contributed by atoms with Gasteiger partial charge < -0.3 is 5.32 Å². The van der Waals surface area contributed by atoms with Gasteiger partial charge in [0.2, 0.25) is 0 Å². The first-order valence-electron chi connectivity index (χ1n) is 5.79. The summed E-state index contributed by atoms with van der Waals surface area (Å²) in [6, 6.07) is 3.51. The van der Waals surface area contributed by atoms with Crippen LogP contribution in [0.15, 0.2) is 18.2 Å². The minimum absolute atomic E-state index is 0.291. The Morgan fingerprint density at radius 1 is 1.56 bits per heavy atom. The molecule has 1 saturated carbocycles. The standard InChI is InChI=1S/C12H14F2N2O2/c1-7-4-9(7)6-15-10-3-2-8(12(13)14)5-11(10)16(17)18/h2-3,5,7,9,12,15H,4,6H2,1H3. The summed E-state index contributed by atoms with van der Waals surface area (Å²) in [5, 5.41) is 13.8. The van der Waals surface area contributed by atoms with Gasteiger partial charge in [0, 0.05) is 18.2 Å². The maximum atomic E-state index is 12.5. The molecule has 2 rings (SSSR count). The molecule has 1 aliphatic carbocycles. The summed E-state index contributed by atoms with van der Waals surface area (Å²) in [4.78, 5) is 10.2. The van der Waals surface area contributed by atoms with E-state index in [0.717, 1.165) is 12.5 Å². The highest BCUT2D eigenvalue weighted by atomic mass is 19.3. The van der Waals surface area contributed by atoms with Crippen molar-refractivity contribution in [2.24, 2.45) is 11.8 Å². The van der Waals surface area contributed by atoms with Gasteiger partial charge in [0.15, 0.2) is 0 Å². The minimum atomic E-state index is -2.69. The van der Waals surface area contributed by atoms with Crippen LogP contribution < -0.4 is 5.32 Å². The fourth-order valence-electron chi connectivity index (χ4n) is 1.91. The van der Waals surface area contributed by atoms with Gasteiger partial charge in [-0.1, -0.05) is 13.0 Å². The summed E-state index contributed by atoms with van der Waals surface area (Å²) < 4.78 is 24.9. The molecule has 0 bridgehead atoms. The zero-order valence-electron chi connectivity index (χ0n) is 9.90. The summed E-state index contributed by atoms with van der Waals surface area (Å²) in [6.45, 7) is 2.76. The Morgan fingerprint density at radius 2 is 2.22 bits per heavy atom. The maximum Gasteiger partial charge on any atom is 0.292 e. The van der Waals surface area contributed by atoms with E-state index in [-0.39, 0.29) is 11.3 Å². The molecule has 2 atom stereocenters. The highest BCUT2D eigenvalue weighted by Crippen LogP contribution is 2.38. The largest absolute Gasteiger partial charge is 0.379 e. The lowest BCUT2D eigenvalue weighted by molar-refractivity contribution is -0.384. The van der Waals surface area contributed by atoms with Crippen molar-refractivity contribution >= 4 is 11.4 Å². The number of halogens is 2. The van der Waals surface area contributed by atoms with Crippen molar-refractivity contribution in [1.29, 1.82) is 0 Å². The van der Waals surface area contributed by atoms with Crippen molar-refractivity contribution in [3.63, 3.8) is 0 Å². The Morgan fingerprint density at radius 3 is 2.72 bits per heavy atom. The van der Waals surface area contributed by atoms with Gasteiger partial charge in [-0.3, -0.25) is 10.1 Å². The summed E-state index contributed by atoms with van der Waals surface area (Å²) in [6.07, 6.45) is -1.59. The van der Waals surface area contributed by atoms with Gasteiger partial charge in [0.25, 0.3) is 12.1 Å². The van der Waals surface area contributed by atoms with Crippen molar-refractivity contribution in [3.8, 4) is 0 Å². The molecule has 1 aromatic rings. The van der Waals surface area contributed by atoms with Crippen LogP contribution in [-0.2, 0) is 0 Å². The number of alkyl halides is 2. The second-order valence-electron chi connectivity index (χ2n) is 4.69. The molecule has 0 spiro atoms. The number of nitrogens with one attached hydrogen (secondary N) is 1. The number of hydrogen-bond donors (Lipinski definition) is 1. The van der Waals surface area contributed by atoms with E-state index in [1.165, 1.54) is 12.1 Å². The lowest BCUT2D eigenvalue weighted by Gasteiger charge is -2.08. The molecule has 4 nitrogen and oxygen atoms in total. The number of benzene rings is 1. The maximum absolute atomic E-state index is 12.5. The summed E-state index contributed by atoms with van der Waals surface area (Å²) in [5.41, 5.74) is -0.309. The van der Waals surface area contributed by atoms with Crippen molar-refractivity contribution in [2.45, 2.75) is 19.8 Å². The van der Waals surface area contributed by atoms with E-state index in [2.05, 4.69) is 12.2 Å². The third kappa shape index (κ3) is 2.75. The molecule has 0 heterocycles. The first-order valence-corrected chi connectivity index (χ1v) is 5.79.